The van der Waals surface area contributed by atoms with Crippen molar-refractivity contribution >= 4 is 56.7 Å². The smallest absolute Gasteiger partial charge is 0.0854 e. The van der Waals surface area contributed by atoms with Crippen LogP contribution in [0.15, 0.2) is 12.1 Å². The predicted octanol–water partition coefficient (Wildman–Crippen LogP) is 5.02. The summed E-state index contributed by atoms with van der Waals surface area (Å²) < 4.78 is 1.04. The molecule has 0 N–H and O–H groups in total. The summed E-state index contributed by atoms with van der Waals surface area (Å²) in [5.74, 6) is 0. The van der Waals surface area contributed by atoms with E-state index >= 15 is 0 Å². The van der Waals surface area contributed by atoms with Gasteiger partial charge in [0.15, 0.2) is 0 Å². The topological polar surface area (TPSA) is 12.9 Å². The van der Waals surface area contributed by atoms with E-state index in [0.717, 1.165) is 37.2 Å². The van der Waals surface area contributed by atoms with E-state index in [2.05, 4.69) is 34.5 Å². The Kier molecular flexibility index (Phi) is 3.62. The van der Waals surface area contributed by atoms with Crippen molar-refractivity contribution in [3.63, 3.8) is 0 Å². The molecule has 84 valence electrons. The van der Waals surface area contributed by atoms with Crippen LogP contribution < -0.4 is 0 Å². The maximum atomic E-state index is 6.35. The number of nitrogens with zero attached hydrogens (tertiary/aromatic N) is 1. The summed E-state index contributed by atoms with van der Waals surface area (Å²) in [7, 11) is 0. The summed E-state index contributed by atoms with van der Waals surface area (Å²) in [6, 6.07) is 3.78. The molecule has 0 aliphatic rings. The first kappa shape index (κ1) is 12.4. The SMILES string of the molecule is CCc1nc2c(I)cc(Cl)cc2c(Cl)c1C. The minimum Gasteiger partial charge on any atom is -0.251 e. The summed E-state index contributed by atoms with van der Waals surface area (Å²) in [6.45, 7) is 4.08. The van der Waals surface area contributed by atoms with Crippen molar-refractivity contribution in [2.45, 2.75) is 20.3 Å². The number of aryl methyl sites for hydroxylation is 1. The van der Waals surface area contributed by atoms with Crippen LogP contribution in [0.4, 0.5) is 0 Å². The highest BCUT2D eigenvalue weighted by Crippen LogP contribution is 2.32. The third kappa shape index (κ3) is 2.03. The lowest BCUT2D eigenvalue weighted by molar-refractivity contribution is 1.03. The Labute approximate surface area is 118 Å². The fourth-order valence-electron chi connectivity index (χ4n) is 1.74. The maximum Gasteiger partial charge on any atom is 0.0854 e. The van der Waals surface area contributed by atoms with Gasteiger partial charge in [-0.25, -0.2) is 0 Å². The van der Waals surface area contributed by atoms with Crippen LogP contribution in [0.3, 0.4) is 0 Å². The third-order valence-corrected chi connectivity index (χ3v) is 4.14. The van der Waals surface area contributed by atoms with Gasteiger partial charge in [0.2, 0.25) is 0 Å². The second-order valence-electron chi connectivity index (χ2n) is 3.63. The number of aromatic nitrogens is 1. The van der Waals surface area contributed by atoms with Gasteiger partial charge in [-0.15, -0.1) is 0 Å². The van der Waals surface area contributed by atoms with E-state index in [1.54, 1.807) is 0 Å². The largest absolute Gasteiger partial charge is 0.251 e. The van der Waals surface area contributed by atoms with Crippen molar-refractivity contribution in [3.05, 3.63) is 37.0 Å². The van der Waals surface area contributed by atoms with Crippen LogP contribution in [-0.4, -0.2) is 4.98 Å². The molecule has 0 saturated carbocycles. The second kappa shape index (κ2) is 4.67. The molecule has 0 aliphatic heterocycles. The van der Waals surface area contributed by atoms with Crippen molar-refractivity contribution in [1.29, 1.82) is 0 Å². The molecule has 0 radical (unpaired) electrons. The van der Waals surface area contributed by atoms with Crippen molar-refractivity contribution in [2.24, 2.45) is 0 Å². The molecular formula is C12H10Cl2IN. The molecule has 4 heteroatoms. The molecule has 1 aromatic carbocycles. The number of pyridine rings is 1. The van der Waals surface area contributed by atoms with Gasteiger partial charge in [0.1, 0.15) is 0 Å². The molecule has 1 heterocycles. The summed E-state index contributed by atoms with van der Waals surface area (Å²) in [5, 5.41) is 2.40. The van der Waals surface area contributed by atoms with Crippen LogP contribution in [-0.2, 0) is 6.42 Å². The predicted molar refractivity (Wildman–Crippen MR) is 78.6 cm³/mol. The standard InChI is InChI=1S/C12H10Cl2IN/c1-3-10-6(2)11(14)8-4-7(13)5-9(15)12(8)16-10/h4-5H,3H2,1-2H3. The van der Waals surface area contributed by atoms with Crippen LogP contribution in [0.2, 0.25) is 10.0 Å². The number of rotatable bonds is 1. The molecule has 1 aromatic heterocycles. The van der Waals surface area contributed by atoms with E-state index in [-0.39, 0.29) is 0 Å². The number of halogens is 3. The zero-order chi connectivity index (χ0) is 11.9. The van der Waals surface area contributed by atoms with E-state index in [9.17, 15) is 0 Å². The zero-order valence-electron chi connectivity index (χ0n) is 8.94. The van der Waals surface area contributed by atoms with Crippen LogP contribution in [0.5, 0.6) is 0 Å². The van der Waals surface area contributed by atoms with Gasteiger partial charge in [0.05, 0.1) is 10.5 Å². The molecule has 0 bridgehead atoms. The fourth-order valence-corrected chi connectivity index (χ4v) is 3.14. The van der Waals surface area contributed by atoms with E-state index in [4.69, 9.17) is 23.2 Å². The Morgan fingerprint density at radius 3 is 2.62 bits per heavy atom. The lowest BCUT2D eigenvalue weighted by Gasteiger charge is -2.10. The molecule has 16 heavy (non-hydrogen) atoms. The van der Waals surface area contributed by atoms with Gasteiger partial charge in [-0.2, -0.15) is 0 Å². The quantitative estimate of drug-likeness (QED) is 0.647. The fraction of sp³-hybridized carbons (Fsp3) is 0.250. The van der Waals surface area contributed by atoms with Crippen LogP contribution in [0.25, 0.3) is 10.9 Å². The summed E-state index contributed by atoms with van der Waals surface area (Å²) in [4.78, 5) is 4.64. The van der Waals surface area contributed by atoms with Crippen molar-refractivity contribution in [2.75, 3.05) is 0 Å². The van der Waals surface area contributed by atoms with Gasteiger partial charge in [0, 0.05) is 19.7 Å². The molecule has 0 unspecified atom stereocenters. The Hall–Kier alpha value is -0.0600. The van der Waals surface area contributed by atoms with Crippen LogP contribution in [0, 0.1) is 10.5 Å². The van der Waals surface area contributed by atoms with Gasteiger partial charge in [0.25, 0.3) is 0 Å². The van der Waals surface area contributed by atoms with Crippen molar-refractivity contribution < 1.29 is 0 Å². The number of hydrogen-bond donors (Lipinski definition) is 0. The Bertz CT molecular complexity index is 567. The molecule has 0 saturated heterocycles. The molecule has 0 atom stereocenters. The molecule has 2 aromatic rings. The average molecular weight is 366 g/mol. The first-order valence-electron chi connectivity index (χ1n) is 4.98. The molecule has 2 rings (SSSR count). The highest BCUT2D eigenvalue weighted by molar-refractivity contribution is 14.1. The second-order valence-corrected chi connectivity index (χ2v) is 5.61. The lowest BCUT2D eigenvalue weighted by Crippen LogP contribution is -1.96. The minimum atomic E-state index is 0.698. The highest BCUT2D eigenvalue weighted by Gasteiger charge is 2.11. The minimum absolute atomic E-state index is 0.698. The van der Waals surface area contributed by atoms with Crippen LogP contribution in [0.1, 0.15) is 18.2 Å². The maximum absolute atomic E-state index is 6.35. The summed E-state index contributed by atoms with van der Waals surface area (Å²) >= 11 is 14.6. The Morgan fingerprint density at radius 2 is 2.00 bits per heavy atom. The van der Waals surface area contributed by atoms with E-state index < -0.39 is 0 Å². The molecule has 0 amide bonds. The lowest BCUT2D eigenvalue weighted by atomic mass is 10.1. The summed E-state index contributed by atoms with van der Waals surface area (Å²) in [6.07, 6.45) is 0.889. The zero-order valence-corrected chi connectivity index (χ0v) is 12.6. The van der Waals surface area contributed by atoms with E-state index in [1.165, 1.54) is 0 Å². The average Bonchev–Trinajstić information content (AvgIpc) is 2.24. The third-order valence-electron chi connectivity index (χ3n) is 2.61. The Balaban J connectivity index is 2.92. The number of fused-ring (bicyclic) bond motifs is 1. The normalized spacial score (nSPS) is 11.1. The van der Waals surface area contributed by atoms with Gasteiger partial charge < -0.3 is 0 Å². The van der Waals surface area contributed by atoms with E-state index in [1.807, 2.05) is 19.1 Å². The molecule has 0 fully saturated rings. The molecule has 0 spiro atoms. The first-order chi connectivity index (χ1) is 7.54. The first-order valence-corrected chi connectivity index (χ1v) is 6.81. The number of hydrogen-bond acceptors (Lipinski definition) is 1. The molecular weight excluding hydrogens is 356 g/mol. The molecule has 1 nitrogen and oxygen atoms in total. The van der Waals surface area contributed by atoms with Crippen molar-refractivity contribution in [1.82, 2.24) is 4.98 Å². The molecule has 0 aliphatic carbocycles. The van der Waals surface area contributed by atoms with E-state index in [0.29, 0.717) is 5.02 Å². The van der Waals surface area contributed by atoms with Gasteiger partial charge in [-0.1, -0.05) is 30.1 Å². The Morgan fingerprint density at radius 1 is 1.31 bits per heavy atom. The number of benzene rings is 1. The van der Waals surface area contributed by atoms with Crippen LogP contribution >= 0.6 is 45.8 Å². The van der Waals surface area contributed by atoms with Gasteiger partial charge in [-0.3, -0.25) is 4.98 Å². The van der Waals surface area contributed by atoms with Gasteiger partial charge >= 0.3 is 0 Å². The van der Waals surface area contributed by atoms with Gasteiger partial charge in [-0.05, 0) is 53.6 Å². The summed E-state index contributed by atoms with van der Waals surface area (Å²) in [5.41, 5.74) is 3.05. The monoisotopic (exact) mass is 365 g/mol. The highest BCUT2D eigenvalue weighted by atomic mass is 127. The van der Waals surface area contributed by atoms with Crippen molar-refractivity contribution in [3.8, 4) is 0 Å².